The number of carbonyl (C=O) groups excluding carboxylic acids is 1. The maximum atomic E-state index is 12.8. The van der Waals surface area contributed by atoms with E-state index in [9.17, 15) is 4.79 Å². The highest BCUT2D eigenvalue weighted by Crippen LogP contribution is 2.23. The molecule has 190 valence electrons. The molecule has 0 unspecified atom stereocenters. The molecule has 6 nitrogen and oxygen atoms in total. The van der Waals surface area contributed by atoms with Gasteiger partial charge in [0.15, 0.2) is 5.65 Å². The lowest BCUT2D eigenvalue weighted by Crippen LogP contribution is -2.47. The molecule has 2 fully saturated rings. The van der Waals surface area contributed by atoms with Crippen LogP contribution in [0.4, 0.5) is 0 Å². The molecule has 36 heavy (non-hydrogen) atoms. The summed E-state index contributed by atoms with van der Waals surface area (Å²) < 4.78 is 2.23. The standard InChI is InChI=1S/C30H39N5O/c1-4-27-32-29-22(2)20-23(3)31-30(29)35(27)21-25-10-8-24(9-11-25)12-13-28(36)34-18-14-26(15-19-34)33-16-6-5-7-17-33/h8-13,20,26H,4-7,14-19,21H2,1-3H3. The van der Waals surface area contributed by atoms with E-state index in [0.717, 1.165) is 67.1 Å². The molecule has 5 rings (SSSR count). The van der Waals surface area contributed by atoms with Crippen LogP contribution < -0.4 is 0 Å². The number of likely N-dealkylation sites (tertiary alicyclic amines) is 2. The van der Waals surface area contributed by atoms with Crippen molar-refractivity contribution in [1.29, 1.82) is 0 Å². The van der Waals surface area contributed by atoms with Crippen molar-refractivity contribution >= 4 is 23.1 Å². The molecule has 1 aromatic carbocycles. The fourth-order valence-corrected chi connectivity index (χ4v) is 5.81. The van der Waals surface area contributed by atoms with E-state index in [1.165, 1.54) is 43.5 Å². The largest absolute Gasteiger partial charge is 0.339 e. The van der Waals surface area contributed by atoms with Crippen molar-refractivity contribution < 1.29 is 4.79 Å². The second kappa shape index (κ2) is 11.0. The molecule has 0 saturated carbocycles. The van der Waals surface area contributed by atoms with E-state index in [-0.39, 0.29) is 5.91 Å². The SMILES string of the molecule is CCc1nc2c(C)cc(C)nc2n1Cc1ccc(C=CC(=O)N2CCC(N3CCCCC3)CC2)cc1. The molecule has 3 aromatic rings. The monoisotopic (exact) mass is 485 g/mol. The molecular weight excluding hydrogens is 446 g/mol. The second-order valence-corrected chi connectivity index (χ2v) is 10.4. The Hall–Kier alpha value is -2.99. The van der Waals surface area contributed by atoms with Crippen molar-refractivity contribution in [2.24, 2.45) is 0 Å². The maximum Gasteiger partial charge on any atom is 0.246 e. The van der Waals surface area contributed by atoms with Gasteiger partial charge in [0.2, 0.25) is 5.91 Å². The molecule has 0 bridgehead atoms. The molecule has 0 atom stereocenters. The summed E-state index contributed by atoms with van der Waals surface area (Å²) in [6, 6.07) is 11.2. The zero-order chi connectivity index (χ0) is 25.1. The lowest BCUT2D eigenvalue weighted by atomic mass is 10.00. The van der Waals surface area contributed by atoms with Crippen LogP contribution in [0.15, 0.2) is 36.4 Å². The van der Waals surface area contributed by atoms with Crippen molar-refractivity contribution in [2.45, 2.75) is 71.9 Å². The first-order chi connectivity index (χ1) is 17.5. The van der Waals surface area contributed by atoms with E-state index in [0.29, 0.717) is 6.04 Å². The third kappa shape index (κ3) is 5.39. The Balaban J connectivity index is 1.20. The summed E-state index contributed by atoms with van der Waals surface area (Å²) in [6.45, 7) is 11.2. The highest BCUT2D eigenvalue weighted by Gasteiger charge is 2.26. The lowest BCUT2D eigenvalue weighted by Gasteiger charge is -2.40. The van der Waals surface area contributed by atoms with Gasteiger partial charge in [0.1, 0.15) is 11.3 Å². The fourth-order valence-electron chi connectivity index (χ4n) is 5.81. The van der Waals surface area contributed by atoms with Crippen LogP contribution in [-0.4, -0.2) is 62.5 Å². The van der Waals surface area contributed by atoms with E-state index < -0.39 is 0 Å². The molecule has 0 aliphatic carbocycles. The highest BCUT2D eigenvalue weighted by molar-refractivity contribution is 5.91. The fraction of sp³-hybridized carbons (Fsp3) is 0.500. The quantitative estimate of drug-likeness (QED) is 0.453. The van der Waals surface area contributed by atoms with Gasteiger partial charge in [-0.3, -0.25) is 4.79 Å². The van der Waals surface area contributed by atoms with Crippen molar-refractivity contribution in [3.8, 4) is 0 Å². The molecule has 2 saturated heterocycles. The number of pyridine rings is 1. The number of piperidine rings is 2. The Kier molecular flexibility index (Phi) is 7.51. The van der Waals surface area contributed by atoms with Gasteiger partial charge >= 0.3 is 0 Å². The number of hydrogen-bond acceptors (Lipinski definition) is 4. The van der Waals surface area contributed by atoms with Crippen LogP contribution in [0.25, 0.3) is 17.2 Å². The molecule has 2 aliphatic rings. The van der Waals surface area contributed by atoms with Crippen LogP contribution in [0, 0.1) is 13.8 Å². The molecule has 0 spiro atoms. The van der Waals surface area contributed by atoms with Crippen LogP contribution >= 0.6 is 0 Å². The van der Waals surface area contributed by atoms with Gasteiger partial charge < -0.3 is 14.4 Å². The number of rotatable bonds is 6. The predicted molar refractivity (Wildman–Crippen MR) is 146 cm³/mol. The van der Waals surface area contributed by atoms with Gasteiger partial charge in [-0.2, -0.15) is 0 Å². The smallest absolute Gasteiger partial charge is 0.246 e. The number of benzene rings is 1. The van der Waals surface area contributed by atoms with E-state index in [1.54, 1.807) is 6.08 Å². The first kappa shape index (κ1) is 24.7. The minimum atomic E-state index is 0.130. The average molecular weight is 486 g/mol. The summed E-state index contributed by atoms with van der Waals surface area (Å²) in [5, 5.41) is 0. The summed E-state index contributed by atoms with van der Waals surface area (Å²) in [5.41, 5.74) is 6.40. The van der Waals surface area contributed by atoms with E-state index in [4.69, 9.17) is 9.97 Å². The second-order valence-electron chi connectivity index (χ2n) is 10.4. The Morgan fingerprint density at radius 2 is 1.72 bits per heavy atom. The number of amides is 1. The molecule has 1 amide bonds. The van der Waals surface area contributed by atoms with Crippen molar-refractivity contribution in [1.82, 2.24) is 24.3 Å². The van der Waals surface area contributed by atoms with Gasteiger partial charge in [0.05, 0.1) is 6.54 Å². The zero-order valence-electron chi connectivity index (χ0n) is 22.0. The minimum absolute atomic E-state index is 0.130. The molecule has 4 heterocycles. The molecule has 6 heteroatoms. The molecule has 0 N–H and O–H groups in total. The van der Waals surface area contributed by atoms with Gasteiger partial charge in [-0.05, 0) is 81.5 Å². The number of imidazole rings is 1. The first-order valence-electron chi connectivity index (χ1n) is 13.6. The van der Waals surface area contributed by atoms with Crippen LogP contribution in [0.2, 0.25) is 0 Å². The summed E-state index contributed by atoms with van der Waals surface area (Å²) in [4.78, 5) is 27.1. The van der Waals surface area contributed by atoms with Gasteiger partial charge in [0, 0.05) is 37.3 Å². The van der Waals surface area contributed by atoms with Gasteiger partial charge in [0.25, 0.3) is 0 Å². The topological polar surface area (TPSA) is 54.3 Å². The van der Waals surface area contributed by atoms with Crippen LogP contribution in [0.1, 0.15) is 67.2 Å². The summed E-state index contributed by atoms with van der Waals surface area (Å²) in [7, 11) is 0. The Morgan fingerprint density at radius 3 is 2.42 bits per heavy atom. The Labute approximate surface area is 215 Å². The summed E-state index contributed by atoms with van der Waals surface area (Å²) >= 11 is 0. The molecule has 2 aromatic heterocycles. The number of aryl methyl sites for hydroxylation is 3. The van der Waals surface area contributed by atoms with Gasteiger partial charge in [-0.25, -0.2) is 9.97 Å². The van der Waals surface area contributed by atoms with Crippen LogP contribution in [-0.2, 0) is 17.8 Å². The van der Waals surface area contributed by atoms with E-state index in [2.05, 4.69) is 53.6 Å². The van der Waals surface area contributed by atoms with Gasteiger partial charge in [-0.1, -0.05) is 37.6 Å². The highest BCUT2D eigenvalue weighted by atomic mass is 16.2. The van der Waals surface area contributed by atoms with Crippen molar-refractivity contribution in [3.63, 3.8) is 0 Å². The molecular formula is C30H39N5O. The minimum Gasteiger partial charge on any atom is -0.339 e. The number of fused-ring (bicyclic) bond motifs is 1. The average Bonchev–Trinajstić information content (AvgIpc) is 3.26. The third-order valence-electron chi connectivity index (χ3n) is 7.84. The van der Waals surface area contributed by atoms with Crippen LogP contribution in [0.5, 0.6) is 0 Å². The van der Waals surface area contributed by atoms with Gasteiger partial charge in [-0.15, -0.1) is 0 Å². The van der Waals surface area contributed by atoms with E-state index in [1.807, 2.05) is 17.9 Å². The predicted octanol–water partition coefficient (Wildman–Crippen LogP) is 5.15. The Bertz CT molecular complexity index is 1230. The number of nitrogens with zero attached hydrogens (tertiary/aromatic N) is 5. The maximum absolute atomic E-state index is 12.8. The number of hydrogen-bond donors (Lipinski definition) is 0. The third-order valence-corrected chi connectivity index (χ3v) is 7.84. The molecule has 2 aliphatic heterocycles. The first-order valence-corrected chi connectivity index (χ1v) is 13.6. The zero-order valence-corrected chi connectivity index (χ0v) is 22.0. The number of carbonyl (C=O) groups is 1. The lowest BCUT2D eigenvalue weighted by molar-refractivity contribution is -0.127. The normalized spacial score (nSPS) is 17.9. The molecule has 0 radical (unpaired) electrons. The van der Waals surface area contributed by atoms with E-state index >= 15 is 0 Å². The Morgan fingerprint density at radius 1 is 1.00 bits per heavy atom. The summed E-state index contributed by atoms with van der Waals surface area (Å²) in [5.74, 6) is 1.19. The van der Waals surface area contributed by atoms with Crippen molar-refractivity contribution in [3.05, 3.63) is 64.6 Å². The van der Waals surface area contributed by atoms with Crippen molar-refractivity contribution in [2.75, 3.05) is 26.2 Å². The summed E-state index contributed by atoms with van der Waals surface area (Å²) in [6.07, 6.45) is 10.8. The number of aromatic nitrogens is 3. The van der Waals surface area contributed by atoms with Crippen LogP contribution in [0.3, 0.4) is 0 Å².